The van der Waals surface area contributed by atoms with Gasteiger partial charge in [-0.3, -0.25) is 13.9 Å². The van der Waals surface area contributed by atoms with E-state index in [1.54, 1.807) is 20.0 Å². The molecule has 2 heterocycles. The fourth-order valence-electron chi connectivity index (χ4n) is 4.29. The number of nitrogens with one attached hydrogen (secondary N) is 1. The van der Waals surface area contributed by atoms with Crippen LogP contribution in [0.3, 0.4) is 0 Å². The highest BCUT2D eigenvalue weighted by Gasteiger charge is 2.23. The molecule has 4 rings (SSSR count). The number of aliphatic hydroxyl groups excluding tert-OH is 1. The van der Waals surface area contributed by atoms with Crippen molar-refractivity contribution in [2.75, 3.05) is 18.0 Å². The Balaban J connectivity index is 1.54. The van der Waals surface area contributed by atoms with Gasteiger partial charge in [-0.05, 0) is 50.1 Å². The Kier molecular flexibility index (Phi) is 5.82. The minimum Gasteiger partial charge on any atom is -0.393 e. The van der Waals surface area contributed by atoms with Crippen LogP contribution < -0.4 is 15.9 Å². The normalized spacial score (nSPS) is 15.9. The van der Waals surface area contributed by atoms with Gasteiger partial charge in [0.2, 0.25) is 5.91 Å². The van der Waals surface area contributed by atoms with E-state index in [2.05, 4.69) is 10.2 Å². The quantitative estimate of drug-likeness (QED) is 0.656. The third-order valence-corrected chi connectivity index (χ3v) is 5.99. The van der Waals surface area contributed by atoms with Crippen LogP contribution in [0.5, 0.6) is 0 Å². The van der Waals surface area contributed by atoms with E-state index in [9.17, 15) is 19.1 Å². The summed E-state index contributed by atoms with van der Waals surface area (Å²) in [5.41, 5.74) is 2.71. The lowest BCUT2D eigenvalue weighted by Gasteiger charge is -2.34. The number of aliphatic hydroxyl groups is 1. The van der Waals surface area contributed by atoms with Gasteiger partial charge < -0.3 is 15.3 Å². The highest BCUT2D eigenvalue weighted by atomic mass is 19.1. The molecule has 2 N–H and O–H groups in total. The summed E-state index contributed by atoms with van der Waals surface area (Å²) in [4.78, 5) is 27.5. The molecule has 1 aliphatic rings. The van der Waals surface area contributed by atoms with Gasteiger partial charge in [0, 0.05) is 31.4 Å². The molecule has 8 heteroatoms. The van der Waals surface area contributed by atoms with E-state index >= 15 is 0 Å². The van der Waals surface area contributed by atoms with Crippen LogP contribution in [-0.2, 0) is 18.4 Å². The molecule has 1 amide bonds. The largest absolute Gasteiger partial charge is 0.393 e. The molecule has 7 nitrogen and oxygen atoms in total. The number of carbonyl (C=O) groups excluding carboxylic acids is 1. The van der Waals surface area contributed by atoms with Crippen LogP contribution in [0.25, 0.3) is 11.0 Å². The zero-order chi connectivity index (χ0) is 22.1. The van der Waals surface area contributed by atoms with Gasteiger partial charge >= 0.3 is 5.69 Å². The number of aromatic nitrogens is 2. The number of carbonyl (C=O) groups is 1. The van der Waals surface area contributed by atoms with Gasteiger partial charge in [0.1, 0.15) is 12.4 Å². The number of rotatable bonds is 5. The third-order valence-electron chi connectivity index (χ3n) is 5.99. The predicted octanol–water partition coefficient (Wildman–Crippen LogP) is 2.32. The Morgan fingerprint density at radius 1 is 1.19 bits per heavy atom. The van der Waals surface area contributed by atoms with Gasteiger partial charge in [0.05, 0.1) is 23.2 Å². The maximum atomic E-state index is 14.0. The van der Waals surface area contributed by atoms with E-state index < -0.39 is 6.04 Å². The number of benzene rings is 2. The summed E-state index contributed by atoms with van der Waals surface area (Å²) in [5.74, 6) is -0.697. The molecule has 0 spiro atoms. The Morgan fingerprint density at radius 2 is 1.87 bits per heavy atom. The highest BCUT2D eigenvalue weighted by molar-refractivity contribution is 5.81. The lowest BCUT2D eigenvalue weighted by Crippen LogP contribution is -2.38. The molecule has 1 fully saturated rings. The molecule has 3 aromatic rings. The Morgan fingerprint density at radius 3 is 2.58 bits per heavy atom. The van der Waals surface area contributed by atoms with Crippen LogP contribution in [-0.4, -0.2) is 39.3 Å². The summed E-state index contributed by atoms with van der Waals surface area (Å²) in [6, 6.07) is 11.4. The molecule has 164 valence electrons. The SMILES string of the molecule is CC(NC(=O)Cn1c(=O)n(C)c2ccccc21)c1cc(F)ccc1N1CCC(O)CC1. The molecule has 1 atom stereocenters. The molecule has 1 aliphatic heterocycles. The number of para-hydroxylation sites is 2. The van der Waals surface area contributed by atoms with Gasteiger partial charge in [-0.15, -0.1) is 0 Å². The van der Waals surface area contributed by atoms with E-state index in [1.807, 2.05) is 24.3 Å². The smallest absolute Gasteiger partial charge is 0.329 e. The fourth-order valence-corrected chi connectivity index (χ4v) is 4.29. The van der Waals surface area contributed by atoms with Crippen molar-refractivity contribution in [1.82, 2.24) is 14.5 Å². The number of nitrogens with zero attached hydrogens (tertiary/aromatic N) is 3. The monoisotopic (exact) mass is 426 g/mol. The molecule has 0 bridgehead atoms. The van der Waals surface area contributed by atoms with Gasteiger partial charge in [0.25, 0.3) is 0 Å². The van der Waals surface area contributed by atoms with E-state index in [0.717, 1.165) is 11.2 Å². The van der Waals surface area contributed by atoms with E-state index in [1.165, 1.54) is 21.3 Å². The standard InChI is InChI=1S/C23H27FN4O3/c1-15(18-13-16(24)7-8-19(18)27-11-9-17(29)10-12-27)25-22(30)14-28-21-6-4-3-5-20(21)26(2)23(28)31/h3-8,13,15,17,29H,9-12,14H2,1-2H3,(H,25,30). The van der Waals surface area contributed by atoms with Crippen molar-refractivity contribution in [2.45, 2.75) is 38.5 Å². The lowest BCUT2D eigenvalue weighted by atomic mass is 10.0. The zero-order valence-electron chi connectivity index (χ0n) is 17.7. The third kappa shape index (κ3) is 4.20. The van der Waals surface area contributed by atoms with Crippen LogP contribution in [0.4, 0.5) is 10.1 Å². The molecule has 2 aromatic carbocycles. The topological polar surface area (TPSA) is 79.5 Å². The second kappa shape index (κ2) is 8.55. The van der Waals surface area contributed by atoms with Crippen molar-refractivity contribution >= 4 is 22.6 Å². The number of imidazole rings is 1. The number of amides is 1. The highest BCUT2D eigenvalue weighted by Crippen LogP contribution is 2.29. The van der Waals surface area contributed by atoms with Crippen molar-refractivity contribution in [3.05, 3.63) is 64.3 Å². The van der Waals surface area contributed by atoms with E-state index in [0.29, 0.717) is 37.0 Å². The Hall–Kier alpha value is -3.13. The van der Waals surface area contributed by atoms with Crippen LogP contribution in [0.1, 0.15) is 31.4 Å². The average molecular weight is 426 g/mol. The van der Waals surface area contributed by atoms with Gasteiger partial charge in [-0.1, -0.05) is 12.1 Å². The minimum atomic E-state index is -0.448. The molecular weight excluding hydrogens is 399 g/mol. The first-order valence-corrected chi connectivity index (χ1v) is 10.5. The van der Waals surface area contributed by atoms with Gasteiger partial charge in [-0.25, -0.2) is 9.18 Å². The lowest BCUT2D eigenvalue weighted by molar-refractivity contribution is -0.122. The molecule has 31 heavy (non-hydrogen) atoms. The number of fused-ring (bicyclic) bond motifs is 1. The number of piperidine rings is 1. The number of halogens is 1. The molecule has 1 aromatic heterocycles. The fraction of sp³-hybridized carbons (Fsp3) is 0.391. The average Bonchev–Trinajstić information content (AvgIpc) is 2.99. The maximum Gasteiger partial charge on any atom is 0.329 e. The van der Waals surface area contributed by atoms with Crippen molar-refractivity contribution in [3.8, 4) is 0 Å². The maximum absolute atomic E-state index is 14.0. The summed E-state index contributed by atoms with van der Waals surface area (Å²) in [7, 11) is 1.68. The Bertz CT molecular complexity index is 1160. The number of hydrogen-bond acceptors (Lipinski definition) is 4. The van der Waals surface area contributed by atoms with Crippen LogP contribution >= 0.6 is 0 Å². The first-order valence-electron chi connectivity index (χ1n) is 10.5. The van der Waals surface area contributed by atoms with Crippen molar-refractivity contribution in [3.63, 3.8) is 0 Å². The molecular formula is C23H27FN4O3. The molecule has 0 saturated carbocycles. The first-order chi connectivity index (χ1) is 14.8. The minimum absolute atomic E-state index is 0.120. The summed E-state index contributed by atoms with van der Waals surface area (Å²) in [5, 5.41) is 12.7. The number of hydrogen-bond donors (Lipinski definition) is 2. The van der Waals surface area contributed by atoms with E-state index in [4.69, 9.17) is 0 Å². The zero-order valence-corrected chi connectivity index (χ0v) is 17.7. The number of aryl methyl sites for hydroxylation is 1. The molecule has 1 saturated heterocycles. The van der Waals surface area contributed by atoms with Gasteiger partial charge in [0.15, 0.2) is 0 Å². The number of anilines is 1. The van der Waals surface area contributed by atoms with Crippen LogP contribution in [0.15, 0.2) is 47.3 Å². The summed E-state index contributed by atoms with van der Waals surface area (Å²) >= 11 is 0. The second-order valence-electron chi connectivity index (χ2n) is 8.13. The van der Waals surface area contributed by atoms with Crippen molar-refractivity contribution in [1.29, 1.82) is 0 Å². The summed E-state index contributed by atoms with van der Waals surface area (Å²) in [6.45, 7) is 3.03. The van der Waals surface area contributed by atoms with Crippen molar-refractivity contribution in [2.24, 2.45) is 7.05 Å². The van der Waals surface area contributed by atoms with E-state index in [-0.39, 0.29) is 30.1 Å². The Labute approximate surface area is 179 Å². The van der Waals surface area contributed by atoms with Crippen molar-refractivity contribution < 1.29 is 14.3 Å². The van der Waals surface area contributed by atoms with Crippen LogP contribution in [0.2, 0.25) is 0 Å². The molecule has 0 radical (unpaired) electrons. The first kappa shape index (κ1) is 21.1. The van der Waals surface area contributed by atoms with Crippen LogP contribution in [0, 0.1) is 5.82 Å². The second-order valence-corrected chi connectivity index (χ2v) is 8.13. The molecule has 0 aliphatic carbocycles. The predicted molar refractivity (Wildman–Crippen MR) is 118 cm³/mol. The summed E-state index contributed by atoms with van der Waals surface area (Å²) in [6.07, 6.45) is 1.000. The molecule has 1 unspecified atom stereocenters. The van der Waals surface area contributed by atoms with Gasteiger partial charge in [-0.2, -0.15) is 0 Å². The summed E-state index contributed by atoms with van der Waals surface area (Å²) < 4.78 is 17.0.